The third-order valence-corrected chi connectivity index (χ3v) is 6.29. The third-order valence-electron chi connectivity index (χ3n) is 5.30. The minimum absolute atomic E-state index is 0. The Morgan fingerprint density at radius 1 is 0.966 bits per heavy atom. The fourth-order valence-electron chi connectivity index (χ4n) is 3.96. The molecule has 3 aromatic carbocycles. The van der Waals surface area contributed by atoms with Gasteiger partial charge in [-0.25, -0.2) is 0 Å². The quantitative estimate of drug-likeness (QED) is 0.430. The predicted molar refractivity (Wildman–Crippen MR) is 118 cm³/mol. The number of nitrogens with two attached hydrogens (primary N) is 1. The van der Waals surface area contributed by atoms with Crippen LogP contribution in [0.2, 0.25) is 0 Å². The summed E-state index contributed by atoms with van der Waals surface area (Å²) in [5.74, 6) is 0.784. The molecule has 0 radical (unpaired) electrons. The first kappa shape index (κ1) is 19.8. The van der Waals surface area contributed by atoms with Crippen molar-refractivity contribution in [3.05, 3.63) is 101 Å². The molecule has 2 heterocycles. The molecule has 2 N–H and O–H groups in total. The molecule has 5 heteroatoms. The van der Waals surface area contributed by atoms with E-state index in [1.165, 1.54) is 16.3 Å². The number of benzene rings is 3. The number of rotatable bonds is 3. The zero-order chi connectivity index (χ0) is 19.1. The van der Waals surface area contributed by atoms with Crippen molar-refractivity contribution in [2.75, 3.05) is 11.5 Å². The predicted octanol–water partition coefficient (Wildman–Crippen LogP) is 1.96. The molecule has 0 aliphatic carbocycles. The molecule has 0 bridgehead atoms. The van der Waals surface area contributed by atoms with Crippen molar-refractivity contribution in [1.82, 2.24) is 4.57 Å². The van der Waals surface area contributed by atoms with E-state index in [2.05, 4.69) is 48.5 Å². The summed E-state index contributed by atoms with van der Waals surface area (Å²) in [7, 11) is 0. The van der Waals surface area contributed by atoms with Gasteiger partial charge in [0.05, 0.1) is 0 Å². The van der Waals surface area contributed by atoms with E-state index in [-0.39, 0.29) is 24.4 Å². The molecule has 29 heavy (non-hydrogen) atoms. The molecule has 4 aromatic rings. The van der Waals surface area contributed by atoms with Crippen LogP contribution in [0.1, 0.15) is 11.1 Å². The second kappa shape index (κ2) is 8.08. The second-order valence-corrected chi connectivity index (χ2v) is 7.93. The van der Waals surface area contributed by atoms with Crippen LogP contribution >= 0.6 is 11.8 Å². The molecule has 0 unspecified atom stereocenters. The molecule has 138 valence electrons. The van der Waals surface area contributed by atoms with Gasteiger partial charge in [0.15, 0.2) is 5.56 Å². The van der Waals surface area contributed by atoms with Gasteiger partial charge < -0.3 is 15.1 Å². The first-order valence-electron chi connectivity index (χ1n) is 9.29. The summed E-state index contributed by atoms with van der Waals surface area (Å²) < 4.78 is 1.72. The number of nitrogen functional groups attached to an aromatic ring is 1. The number of hydrogen-bond acceptors (Lipinski definition) is 3. The fraction of sp³-hybridized carbons (Fsp3) is 0.0833. The molecular weight excluding hydrogens is 371 g/mol. The summed E-state index contributed by atoms with van der Waals surface area (Å²) in [4.78, 5) is 12.9. The zero-order valence-corrected chi connectivity index (χ0v) is 17.1. The summed E-state index contributed by atoms with van der Waals surface area (Å²) in [5.41, 5.74) is 10.9. The minimum Gasteiger partial charge on any atom is -0.438 e. The van der Waals surface area contributed by atoms with Crippen molar-refractivity contribution in [2.45, 2.75) is 11.4 Å². The van der Waals surface area contributed by atoms with Gasteiger partial charge in [-0.1, -0.05) is 72.8 Å². The van der Waals surface area contributed by atoms with Gasteiger partial charge in [0.1, 0.15) is 0 Å². The monoisotopic (exact) mass is 390 g/mol. The molecule has 1 aromatic heterocycles. The van der Waals surface area contributed by atoms with Crippen molar-refractivity contribution in [3.8, 4) is 11.1 Å². The fourth-order valence-corrected chi connectivity index (χ4v) is 5.02. The van der Waals surface area contributed by atoms with Crippen molar-refractivity contribution >= 4 is 28.2 Å². The van der Waals surface area contributed by atoms with Crippen LogP contribution in [0, 0.1) is 6.54 Å². The SMILES string of the molecule is Nc1c(Cc2cccc3ccccc23)c(-c2ccccc2)c2n(c1=O)[CH-]CS2.[Li+]. The zero-order valence-electron chi connectivity index (χ0n) is 16.3. The number of nitrogens with zero attached hydrogens (tertiary/aromatic N) is 1. The van der Waals surface area contributed by atoms with E-state index in [1.807, 2.05) is 30.8 Å². The van der Waals surface area contributed by atoms with E-state index in [1.54, 1.807) is 16.3 Å². The Kier molecular flexibility index (Phi) is 5.51. The summed E-state index contributed by atoms with van der Waals surface area (Å²) in [5, 5.41) is 3.38. The molecule has 5 rings (SSSR count). The molecule has 0 fully saturated rings. The van der Waals surface area contributed by atoms with E-state index in [4.69, 9.17) is 5.73 Å². The van der Waals surface area contributed by atoms with E-state index in [0.717, 1.165) is 27.5 Å². The molecule has 0 spiro atoms. The van der Waals surface area contributed by atoms with Crippen LogP contribution in [0.15, 0.2) is 82.6 Å². The van der Waals surface area contributed by atoms with E-state index >= 15 is 0 Å². The topological polar surface area (TPSA) is 48.0 Å². The number of thioether (sulfide) groups is 1. The second-order valence-electron chi connectivity index (χ2n) is 6.92. The molecule has 0 saturated heterocycles. The van der Waals surface area contributed by atoms with Gasteiger partial charge in [0.25, 0.3) is 0 Å². The third kappa shape index (κ3) is 3.38. The van der Waals surface area contributed by atoms with E-state index in [0.29, 0.717) is 12.1 Å². The van der Waals surface area contributed by atoms with Gasteiger partial charge in [-0.2, -0.15) is 11.8 Å². The molecule has 1 aliphatic rings. The average molecular weight is 390 g/mol. The number of pyridine rings is 1. The summed E-state index contributed by atoms with van der Waals surface area (Å²) in [6.45, 7) is 1.92. The number of fused-ring (bicyclic) bond motifs is 2. The number of hydrogen-bond donors (Lipinski definition) is 1. The first-order valence-corrected chi connectivity index (χ1v) is 10.3. The molecule has 3 nitrogen and oxygen atoms in total. The van der Waals surface area contributed by atoms with Crippen LogP contribution in [0.5, 0.6) is 0 Å². The summed E-state index contributed by atoms with van der Waals surface area (Å²) in [6.07, 6.45) is 0.626. The van der Waals surface area contributed by atoms with Gasteiger partial charge in [-0.3, -0.25) is 0 Å². The van der Waals surface area contributed by atoms with E-state index in [9.17, 15) is 4.79 Å². The van der Waals surface area contributed by atoms with Gasteiger partial charge in [-0.05, 0) is 50.2 Å². The molecule has 0 saturated carbocycles. The minimum atomic E-state index is -0.116. The van der Waals surface area contributed by atoms with Crippen LogP contribution in [0.25, 0.3) is 21.9 Å². The smallest absolute Gasteiger partial charge is 0.438 e. The van der Waals surface area contributed by atoms with Crippen molar-refractivity contribution < 1.29 is 18.9 Å². The molecule has 1 aliphatic heterocycles. The van der Waals surface area contributed by atoms with E-state index < -0.39 is 0 Å². The molecule has 0 amide bonds. The van der Waals surface area contributed by atoms with Crippen molar-refractivity contribution in [3.63, 3.8) is 0 Å². The standard InChI is InChI=1S/C24H19N2OS.Li/c25-22-20(15-18-11-6-10-16-7-4-5-12-19(16)18)21(17-8-2-1-3-9-17)24-26(23(22)27)13-14-28-24;/h1-13H,14-15,25H2;/q-1;+1. The van der Waals surface area contributed by atoms with Crippen LogP contribution in [0.4, 0.5) is 5.69 Å². The Labute approximate surface area is 186 Å². The normalized spacial score (nSPS) is 12.3. The van der Waals surface area contributed by atoms with Crippen LogP contribution in [0.3, 0.4) is 0 Å². The number of aromatic nitrogens is 1. The molecule has 0 atom stereocenters. The molecular formula is C24H19LiN2OS. The Morgan fingerprint density at radius 2 is 1.69 bits per heavy atom. The Balaban J connectivity index is 0.00000205. The largest absolute Gasteiger partial charge is 1.00 e. The first-order chi connectivity index (χ1) is 13.7. The Morgan fingerprint density at radius 3 is 2.52 bits per heavy atom. The van der Waals surface area contributed by atoms with Crippen molar-refractivity contribution in [2.24, 2.45) is 0 Å². The maximum Gasteiger partial charge on any atom is 1.00 e. The average Bonchev–Trinajstić information content (AvgIpc) is 3.22. The maximum atomic E-state index is 12.9. The van der Waals surface area contributed by atoms with Crippen LogP contribution < -0.4 is 30.2 Å². The number of anilines is 1. The van der Waals surface area contributed by atoms with Crippen LogP contribution in [-0.4, -0.2) is 10.3 Å². The Bertz CT molecular complexity index is 1250. The van der Waals surface area contributed by atoms with Crippen molar-refractivity contribution in [1.29, 1.82) is 0 Å². The van der Waals surface area contributed by atoms with Gasteiger partial charge in [-0.15, -0.1) is 6.54 Å². The van der Waals surface area contributed by atoms with Gasteiger partial charge in [0, 0.05) is 5.69 Å². The van der Waals surface area contributed by atoms with Gasteiger partial charge in [0.2, 0.25) is 0 Å². The van der Waals surface area contributed by atoms with Gasteiger partial charge >= 0.3 is 18.9 Å². The maximum absolute atomic E-state index is 12.9. The van der Waals surface area contributed by atoms with Crippen LogP contribution in [-0.2, 0) is 6.42 Å². The Hall–Kier alpha value is -2.51. The summed E-state index contributed by atoms with van der Waals surface area (Å²) >= 11 is 1.69. The summed E-state index contributed by atoms with van der Waals surface area (Å²) in [6, 6.07) is 24.9.